The summed E-state index contributed by atoms with van der Waals surface area (Å²) in [5.41, 5.74) is -0.762. The maximum absolute atomic E-state index is 13.6. The highest BCUT2D eigenvalue weighted by Gasteiger charge is 2.72. The number of nitrogens with zero attached hydrogens (tertiary/aromatic N) is 1. The minimum absolute atomic E-state index is 0.166. The second kappa shape index (κ2) is 9.84. The minimum atomic E-state index is -1.29. The summed E-state index contributed by atoms with van der Waals surface area (Å²) in [5.74, 6) is -0.703. The molecular weight excluding hydrogens is 542 g/mol. The Morgan fingerprint density at radius 3 is 2.52 bits per heavy atom. The fraction of sp³-hybridized carbons (Fsp3) is 0.469. The van der Waals surface area contributed by atoms with Gasteiger partial charge in [-0.15, -0.1) is 0 Å². The van der Waals surface area contributed by atoms with E-state index in [0.29, 0.717) is 30.7 Å². The molecule has 1 fully saturated rings. The normalized spacial score (nSPS) is 28.0. The number of hydrogen-bond acceptors (Lipinski definition) is 10. The van der Waals surface area contributed by atoms with Crippen molar-refractivity contribution in [1.82, 2.24) is 4.90 Å². The molecular formula is C32H35NO9. The smallest absolute Gasteiger partial charge is 0.477 e. The van der Waals surface area contributed by atoms with Crippen molar-refractivity contribution in [2.24, 2.45) is 0 Å². The number of aliphatic hydroxyl groups is 1. The molecule has 1 saturated heterocycles. The van der Waals surface area contributed by atoms with E-state index in [1.807, 2.05) is 13.1 Å². The molecule has 2 aliphatic heterocycles. The van der Waals surface area contributed by atoms with Crippen molar-refractivity contribution < 1.29 is 43.2 Å². The van der Waals surface area contributed by atoms with E-state index in [-0.39, 0.29) is 24.0 Å². The number of esters is 2. The third-order valence-electron chi connectivity index (χ3n) is 8.74. The molecule has 1 spiro atoms. The number of likely N-dealkylation sites (N-methyl/N-ethyl adjacent to an activating group) is 1. The minimum Gasteiger partial charge on any atom is -0.477 e. The second-order valence-electron chi connectivity index (χ2n) is 12.5. The van der Waals surface area contributed by atoms with E-state index >= 15 is 0 Å². The number of rotatable bonds is 5. The van der Waals surface area contributed by atoms with Gasteiger partial charge in [0.05, 0.1) is 11.0 Å². The largest absolute Gasteiger partial charge is 0.514 e. The number of benzene rings is 2. The van der Waals surface area contributed by atoms with Crippen molar-refractivity contribution in [2.45, 2.75) is 81.8 Å². The summed E-state index contributed by atoms with van der Waals surface area (Å²) < 4.78 is 28.9. The lowest BCUT2D eigenvalue weighted by atomic mass is 9.50. The van der Waals surface area contributed by atoms with Crippen molar-refractivity contribution in [3.8, 4) is 11.5 Å². The van der Waals surface area contributed by atoms with Crippen LogP contribution in [0.15, 0.2) is 54.3 Å². The highest BCUT2D eigenvalue weighted by molar-refractivity contribution is 5.81. The molecule has 42 heavy (non-hydrogen) atoms. The molecule has 0 amide bonds. The average Bonchev–Trinajstić information content (AvgIpc) is 3.27. The molecule has 2 aromatic carbocycles. The predicted molar refractivity (Wildman–Crippen MR) is 149 cm³/mol. The molecule has 0 radical (unpaired) electrons. The first-order valence-corrected chi connectivity index (χ1v) is 14.1. The van der Waals surface area contributed by atoms with Gasteiger partial charge in [0.15, 0.2) is 17.6 Å². The zero-order valence-corrected chi connectivity index (χ0v) is 24.3. The lowest BCUT2D eigenvalue weighted by molar-refractivity contribution is -0.176. The van der Waals surface area contributed by atoms with Gasteiger partial charge in [0, 0.05) is 30.5 Å². The third kappa shape index (κ3) is 4.35. The second-order valence-corrected chi connectivity index (χ2v) is 12.5. The highest BCUT2D eigenvalue weighted by Crippen LogP contribution is 2.65. The van der Waals surface area contributed by atoms with E-state index in [1.165, 1.54) is 6.92 Å². The number of ether oxygens (including phenoxy) is 5. The topological polar surface area (TPSA) is 121 Å². The molecule has 4 aliphatic rings. The average molecular weight is 578 g/mol. The maximum atomic E-state index is 13.6. The van der Waals surface area contributed by atoms with Crippen LogP contribution in [-0.2, 0) is 35.6 Å². The van der Waals surface area contributed by atoms with Gasteiger partial charge in [-0.25, -0.2) is 9.59 Å². The van der Waals surface area contributed by atoms with Crippen molar-refractivity contribution in [3.05, 3.63) is 71.0 Å². The highest BCUT2D eigenvalue weighted by atomic mass is 16.7. The summed E-state index contributed by atoms with van der Waals surface area (Å²) in [7, 11) is 2.00. The molecule has 2 aromatic rings. The maximum Gasteiger partial charge on any atom is 0.514 e. The number of hydrogen-bond donors (Lipinski definition) is 1. The summed E-state index contributed by atoms with van der Waals surface area (Å²) in [6.07, 6.45) is -0.0644. The Morgan fingerprint density at radius 1 is 1.10 bits per heavy atom. The molecule has 2 heterocycles. The SMILES string of the molecule is CC(=O)OC(C(=O)OC1=CCC2(O)C3Cc4ccc(OC(=O)OC(C)(C)C)c5c4C2(CCN3C)C1O5)c1ccccc1. The summed E-state index contributed by atoms with van der Waals surface area (Å²) in [6.45, 7) is 7.13. The first kappa shape index (κ1) is 28.2. The van der Waals surface area contributed by atoms with E-state index in [2.05, 4.69) is 4.90 Å². The molecule has 2 bridgehead atoms. The number of carbonyl (C=O) groups is 3. The van der Waals surface area contributed by atoms with Crippen LogP contribution in [0, 0.1) is 0 Å². The molecule has 222 valence electrons. The molecule has 5 atom stereocenters. The Bertz CT molecular complexity index is 1480. The van der Waals surface area contributed by atoms with Gasteiger partial charge in [0.1, 0.15) is 11.4 Å². The van der Waals surface area contributed by atoms with Crippen molar-refractivity contribution in [3.63, 3.8) is 0 Å². The van der Waals surface area contributed by atoms with E-state index in [1.54, 1.807) is 63.2 Å². The van der Waals surface area contributed by atoms with Gasteiger partial charge in [-0.2, -0.15) is 0 Å². The van der Waals surface area contributed by atoms with Crippen LogP contribution in [0.4, 0.5) is 4.79 Å². The number of carbonyl (C=O) groups excluding carboxylic acids is 3. The monoisotopic (exact) mass is 577 g/mol. The Morgan fingerprint density at radius 2 is 1.83 bits per heavy atom. The summed E-state index contributed by atoms with van der Waals surface area (Å²) in [4.78, 5) is 40.3. The Labute approximate surface area is 244 Å². The van der Waals surface area contributed by atoms with E-state index in [4.69, 9.17) is 23.7 Å². The number of likely N-dealkylation sites (tertiary alicyclic amines) is 1. The van der Waals surface area contributed by atoms with Crippen LogP contribution in [-0.4, -0.2) is 65.0 Å². The van der Waals surface area contributed by atoms with Crippen LogP contribution in [0.5, 0.6) is 11.5 Å². The standard InChI is InChI=1S/C32H35NO9/c1-18(34)38-25(19-9-7-6-8-10-19)28(35)39-22-13-14-32(37)23-17-20-11-12-21(40-29(36)42-30(2,3)4)26-24(20)31(32,27(22)41-26)15-16-33(23)5/h6-13,23,25,27,37H,14-17H2,1-5H3. The zero-order valence-electron chi connectivity index (χ0n) is 24.3. The summed E-state index contributed by atoms with van der Waals surface area (Å²) in [5, 5.41) is 12.5. The van der Waals surface area contributed by atoms with E-state index in [0.717, 1.165) is 11.1 Å². The Kier molecular flexibility index (Phi) is 6.62. The van der Waals surface area contributed by atoms with E-state index < -0.39 is 46.9 Å². The van der Waals surface area contributed by atoms with Crippen LogP contribution < -0.4 is 9.47 Å². The molecule has 6 rings (SSSR count). The third-order valence-corrected chi connectivity index (χ3v) is 8.74. The molecule has 2 aliphatic carbocycles. The van der Waals surface area contributed by atoms with Crippen LogP contribution in [0.3, 0.4) is 0 Å². The zero-order chi connectivity index (χ0) is 30.0. The first-order chi connectivity index (χ1) is 19.8. The molecule has 5 unspecified atom stereocenters. The summed E-state index contributed by atoms with van der Waals surface area (Å²) in [6, 6.07) is 12.0. The van der Waals surface area contributed by atoms with Crippen LogP contribution in [0.2, 0.25) is 0 Å². The Hall–Kier alpha value is -3.89. The van der Waals surface area contributed by atoms with Gasteiger partial charge in [-0.3, -0.25) is 4.79 Å². The van der Waals surface area contributed by atoms with Gasteiger partial charge in [0.25, 0.3) is 0 Å². The van der Waals surface area contributed by atoms with Gasteiger partial charge in [0.2, 0.25) is 6.10 Å². The fourth-order valence-corrected chi connectivity index (χ4v) is 7.08. The van der Waals surface area contributed by atoms with Gasteiger partial charge in [-0.05, 0) is 64.9 Å². The number of piperidine rings is 1. The van der Waals surface area contributed by atoms with Crippen LogP contribution >= 0.6 is 0 Å². The molecule has 10 nitrogen and oxygen atoms in total. The molecule has 0 aromatic heterocycles. The van der Waals surface area contributed by atoms with Crippen molar-refractivity contribution >= 4 is 18.1 Å². The van der Waals surface area contributed by atoms with Gasteiger partial charge >= 0.3 is 18.1 Å². The molecule has 1 N–H and O–H groups in total. The first-order valence-electron chi connectivity index (χ1n) is 14.1. The van der Waals surface area contributed by atoms with Crippen LogP contribution in [0.25, 0.3) is 0 Å². The fourth-order valence-electron chi connectivity index (χ4n) is 7.08. The lowest BCUT2D eigenvalue weighted by Gasteiger charge is -2.61. The summed E-state index contributed by atoms with van der Waals surface area (Å²) >= 11 is 0. The molecule has 10 heteroatoms. The quantitative estimate of drug-likeness (QED) is 0.316. The predicted octanol–water partition coefficient (Wildman–Crippen LogP) is 4.13. The van der Waals surface area contributed by atoms with Gasteiger partial charge in [-0.1, -0.05) is 36.4 Å². The van der Waals surface area contributed by atoms with Crippen LogP contribution in [0.1, 0.15) is 63.3 Å². The lowest BCUT2D eigenvalue weighted by Crippen LogP contribution is -2.74. The van der Waals surface area contributed by atoms with Crippen molar-refractivity contribution in [2.75, 3.05) is 13.6 Å². The Balaban J connectivity index is 1.40. The van der Waals surface area contributed by atoms with E-state index in [9.17, 15) is 19.5 Å². The van der Waals surface area contributed by atoms with Gasteiger partial charge < -0.3 is 33.7 Å². The van der Waals surface area contributed by atoms with Crippen molar-refractivity contribution in [1.29, 1.82) is 0 Å². The molecule has 0 saturated carbocycles.